The largest absolute Gasteiger partial charge is 0.484 e. The predicted octanol–water partition coefficient (Wildman–Crippen LogP) is 6.17. The number of imidazole rings is 1. The highest BCUT2D eigenvalue weighted by Crippen LogP contribution is 2.30. The van der Waals surface area contributed by atoms with Crippen molar-refractivity contribution in [3.8, 4) is 5.75 Å². The van der Waals surface area contributed by atoms with Crippen LogP contribution in [0.5, 0.6) is 5.75 Å². The molecule has 0 bridgehead atoms. The minimum absolute atomic E-state index is 0.148. The number of pyridine rings is 1. The number of aromatic amines is 1. The van der Waals surface area contributed by atoms with Crippen molar-refractivity contribution in [3.63, 3.8) is 0 Å². The van der Waals surface area contributed by atoms with E-state index in [0.717, 1.165) is 22.6 Å². The van der Waals surface area contributed by atoms with Gasteiger partial charge in [-0.05, 0) is 37.6 Å². The second-order valence-corrected chi connectivity index (χ2v) is 8.52. The summed E-state index contributed by atoms with van der Waals surface area (Å²) in [5, 5.41) is 0.675. The molecular weight excluding hydrogens is 419 g/mol. The number of hydrogen-bond acceptors (Lipinski definition) is 5. The minimum Gasteiger partial charge on any atom is -0.484 e. The van der Waals surface area contributed by atoms with E-state index in [-0.39, 0.29) is 5.75 Å². The van der Waals surface area contributed by atoms with Crippen molar-refractivity contribution in [3.05, 3.63) is 53.9 Å². The first kappa shape index (κ1) is 21.6. The van der Waals surface area contributed by atoms with Crippen molar-refractivity contribution in [2.75, 3.05) is 12.4 Å². The number of halogens is 3. The molecule has 29 heavy (non-hydrogen) atoms. The van der Waals surface area contributed by atoms with E-state index in [1.165, 1.54) is 28.8 Å². The van der Waals surface area contributed by atoms with Gasteiger partial charge < -0.3 is 9.72 Å². The third kappa shape index (κ3) is 6.17. The summed E-state index contributed by atoms with van der Waals surface area (Å²) in [4.78, 5) is 13.2. The van der Waals surface area contributed by atoms with Gasteiger partial charge in [0.05, 0.1) is 16.7 Å². The van der Waals surface area contributed by atoms with E-state index >= 15 is 0 Å². The average molecular weight is 440 g/mol. The fraction of sp³-hybridized carbons (Fsp3) is 0.300. The fourth-order valence-corrected chi connectivity index (χ4v) is 4.29. The maximum absolute atomic E-state index is 12.3. The number of hydrogen-bond donors (Lipinski definition) is 1. The molecule has 4 nitrogen and oxygen atoms in total. The smallest absolute Gasteiger partial charge is 0.422 e. The van der Waals surface area contributed by atoms with Crippen LogP contribution in [-0.4, -0.2) is 33.5 Å². The van der Waals surface area contributed by atoms with Gasteiger partial charge >= 0.3 is 6.18 Å². The molecule has 0 saturated heterocycles. The Morgan fingerprint density at radius 3 is 2.76 bits per heavy atom. The van der Waals surface area contributed by atoms with Gasteiger partial charge in [-0.1, -0.05) is 23.9 Å². The number of fused-ring (bicyclic) bond motifs is 1. The van der Waals surface area contributed by atoms with Crippen LogP contribution in [0.4, 0.5) is 13.2 Å². The van der Waals surface area contributed by atoms with E-state index in [0.29, 0.717) is 21.9 Å². The van der Waals surface area contributed by atoms with Gasteiger partial charge in [-0.2, -0.15) is 13.2 Å². The number of nitrogens with zero attached hydrogens (tertiary/aromatic N) is 2. The Morgan fingerprint density at radius 1 is 1.24 bits per heavy atom. The number of thioether (sulfide) groups is 2. The van der Waals surface area contributed by atoms with E-state index in [4.69, 9.17) is 4.74 Å². The molecule has 9 heteroatoms. The van der Waals surface area contributed by atoms with Gasteiger partial charge in [-0.3, -0.25) is 4.98 Å². The van der Waals surface area contributed by atoms with E-state index < -0.39 is 12.8 Å². The van der Waals surface area contributed by atoms with Gasteiger partial charge in [0.1, 0.15) is 5.75 Å². The number of H-pyrrole nitrogens is 1. The fourth-order valence-electron chi connectivity index (χ4n) is 2.49. The molecule has 2 heterocycles. The molecule has 2 aromatic heterocycles. The summed E-state index contributed by atoms with van der Waals surface area (Å²) >= 11 is 3.23. The number of benzene rings is 1. The molecule has 154 valence electrons. The van der Waals surface area contributed by atoms with Gasteiger partial charge in [-0.15, -0.1) is 11.8 Å². The van der Waals surface area contributed by atoms with Gasteiger partial charge in [0, 0.05) is 28.7 Å². The van der Waals surface area contributed by atoms with Gasteiger partial charge in [0.15, 0.2) is 11.8 Å². The molecular formula is C20H20F3N3OS2. The standard InChI is InChI=1S/C20H20F3N3OS2/c1-12(2)9-28-18-6-7-24-17(13(18)3)10-29-19-25-15-5-4-14(8-16(15)26-19)27-11-20(21,22)23/h4-8H,1,9-11H2,2-3H3,(H,25,26). The lowest BCUT2D eigenvalue weighted by Gasteiger charge is -2.09. The predicted molar refractivity (Wildman–Crippen MR) is 112 cm³/mol. The SMILES string of the molecule is C=C(C)CSc1ccnc(CSc2nc3ccc(OCC(F)(F)F)cc3[nH]2)c1C. The van der Waals surface area contributed by atoms with Gasteiger partial charge in [0.25, 0.3) is 0 Å². The lowest BCUT2D eigenvalue weighted by atomic mass is 10.2. The Balaban J connectivity index is 1.68. The Morgan fingerprint density at radius 2 is 2.03 bits per heavy atom. The summed E-state index contributed by atoms with van der Waals surface area (Å²) in [6.07, 6.45) is -2.57. The molecule has 0 aliphatic rings. The molecule has 0 aliphatic heterocycles. The molecule has 0 fully saturated rings. The van der Waals surface area contributed by atoms with Crippen LogP contribution in [0, 0.1) is 6.92 Å². The number of ether oxygens (including phenoxy) is 1. The second kappa shape index (κ2) is 9.13. The van der Waals surface area contributed by atoms with Crippen LogP contribution < -0.4 is 4.74 Å². The van der Waals surface area contributed by atoms with E-state index in [9.17, 15) is 13.2 Å². The van der Waals surface area contributed by atoms with E-state index in [1.807, 2.05) is 19.9 Å². The lowest BCUT2D eigenvalue weighted by molar-refractivity contribution is -0.153. The number of nitrogens with one attached hydrogen (secondary N) is 1. The molecule has 0 atom stereocenters. The third-order valence-corrected chi connectivity index (χ3v) is 6.19. The topological polar surface area (TPSA) is 50.8 Å². The summed E-state index contributed by atoms with van der Waals surface area (Å²) in [5.74, 6) is 1.64. The molecule has 1 N–H and O–H groups in total. The molecule has 0 radical (unpaired) electrons. The van der Waals surface area contributed by atoms with Crippen LogP contribution in [0.25, 0.3) is 11.0 Å². The van der Waals surface area contributed by atoms with Crippen molar-refractivity contribution in [2.45, 2.75) is 35.8 Å². The number of rotatable bonds is 8. The Kier molecular flexibility index (Phi) is 6.79. The Labute approximate surface area is 175 Å². The van der Waals surface area contributed by atoms with Crippen LogP contribution in [0.15, 0.2) is 52.7 Å². The molecule has 0 amide bonds. The lowest BCUT2D eigenvalue weighted by Crippen LogP contribution is -2.19. The maximum Gasteiger partial charge on any atom is 0.422 e. The second-order valence-electron chi connectivity index (χ2n) is 6.54. The van der Waals surface area contributed by atoms with Crippen LogP contribution in [-0.2, 0) is 5.75 Å². The van der Waals surface area contributed by atoms with Gasteiger partial charge in [-0.25, -0.2) is 4.98 Å². The normalized spacial score (nSPS) is 11.8. The molecule has 3 rings (SSSR count). The number of aromatic nitrogens is 3. The van der Waals surface area contributed by atoms with Crippen molar-refractivity contribution >= 4 is 34.6 Å². The number of alkyl halides is 3. The highest BCUT2D eigenvalue weighted by atomic mass is 32.2. The summed E-state index contributed by atoms with van der Waals surface area (Å²) in [7, 11) is 0. The maximum atomic E-state index is 12.3. The molecule has 0 spiro atoms. The van der Waals surface area contributed by atoms with E-state index in [1.54, 1.807) is 24.0 Å². The summed E-state index contributed by atoms with van der Waals surface area (Å²) in [6.45, 7) is 6.66. The van der Waals surface area contributed by atoms with Crippen LogP contribution >= 0.6 is 23.5 Å². The molecule has 0 aliphatic carbocycles. The first-order valence-corrected chi connectivity index (χ1v) is 10.7. The summed E-state index contributed by atoms with van der Waals surface area (Å²) in [6, 6.07) is 6.65. The zero-order chi connectivity index (χ0) is 21.0. The Hall–Kier alpha value is -2.13. The van der Waals surface area contributed by atoms with Gasteiger partial charge in [0.2, 0.25) is 0 Å². The van der Waals surface area contributed by atoms with Crippen LogP contribution in [0.3, 0.4) is 0 Å². The monoisotopic (exact) mass is 439 g/mol. The van der Waals surface area contributed by atoms with Crippen molar-refractivity contribution in [1.82, 2.24) is 15.0 Å². The average Bonchev–Trinajstić information content (AvgIpc) is 3.06. The van der Waals surface area contributed by atoms with Crippen LogP contribution in [0.2, 0.25) is 0 Å². The summed E-state index contributed by atoms with van der Waals surface area (Å²) < 4.78 is 41.7. The molecule has 1 aromatic carbocycles. The van der Waals surface area contributed by atoms with Crippen molar-refractivity contribution in [2.24, 2.45) is 0 Å². The zero-order valence-electron chi connectivity index (χ0n) is 16.0. The summed E-state index contributed by atoms with van der Waals surface area (Å²) in [5.41, 5.74) is 4.51. The molecule has 0 saturated carbocycles. The zero-order valence-corrected chi connectivity index (χ0v) is 17.6. The highest BCUT2D eigenvalue weighted by molar-refractivity contribution is 7.99. The highest BCUT2D eigenvalue weighted by Gasteiger charge is 2.28. The molecule has 0 unspecified atom stereocenters. The van der Waals surface area contributed by atoms with E-state index in [2.05, 4.69) is 21.5 Å². The first-order valence-electron chi connectivity index (χ1n) is 8.75. The minimum atomic E-state index is -4.37. The quantitative estimate of drug-likeness (QED) is 0.336. The van der Waals surface area contributed by atoms with Crippen molar-refractivity contribution < 1.29 is 17.9 Å². The third-order valence-electron chi connectivity index (χ3n) is 3.91. The molecule has 3 aromatic rings. The first-order chi connectivity index (χ1) is 13.7. The van der Waals surface area contributed by atoms with Crippen molar-refractivity contribution in [1.29, 1.82) is 0 Å². The Bertz CT molecular complexity index is 1020. The van der Waals surface area contributed by atoms with Crippen LogP contribution in [0.1, 0.15) is 18.2 Å².